The quantitative estimate of drug-likeness (QED) is 0.738. The van der Waals surface area contributed by atoms with Crippen LogP contribution in [0.15, 0.2) is 36.9 Å². The molecular weight excluding hydrogens is 332 g/mol. The maximum absolute atomic E-state index is 11.4. The van der Waals surface area contributed by atoms with Crippen molar-refractivity contribution in [3.8, 4) is 5.69 Å². The Hall–Kier alpha value is -3.00. The molecule has 0 aromatic carbocycles. The number of carboxylic acids is 1. The van der Waals surface area contributed by atoms with Crippen LogP contribution in [0, 0.1) is 0 Å². The number of hydrogen-bond acceptors (Lipinski definition) is 6. The number of aromatic carboxylic acids is 1. The zero-order valence-electron chi connectivity index (χ0n) is 14.5. The lowest BCUT2D eigenvalue weighted by molar-refractivity contribution is 0.0698. The molecule has 0 spiro atoms. The van der Waals surface area contributed by atoms with Crippen LogP contribution in [-0.2, 0) is 0 Å². The van der Waals surface area contributed by atoms with Gasteiger partial charge in [-0.05, 0) is 32.0 Å². The van der Waals surface area contributed by atoms with Crippen LogP contribution in [0.25, 0.3) is 16.6 Å². The summed E-state index contributed by atoms with van der Waals surface area (Å²) in [6.07, 6.45) is 8.46. The van der Waals surface area contributed by atoms with E-state index in [9.17, 15) is 9.90 Å². The first-order chi connectivity index (χ1) is 12.6. The molecule has 0 amide bonds. The number of nitrogens with zero attached hydrogens (tertiary/aromatic N) is 5. The number of carboxylic acid groups (broad SMARTS) is 1. The highest BCUT2D eigenvalue weighted by molar-refractivity contribution is 6.02. The minimum Gasteiger partial charge on any atom is -0.478 e. The molecule has 0 atom stereocenters. The van der Waals surface area contributed by atoms with Gasteiger partial charge in [-0.15, -0.1) is 0 Å². The number of piperidine rings is 1. The number of carbonyl (C=O) groups is 1. The van der Waals surface area contributed by atoms with E-state index in [1.54, 1.807) is 23.3 Å². The molecule has 1 fully saturated rings. The number of hydrogen-bond donors (Lipinski definition) is 2. The highest BCUT2D eigenvalue weighted by Gasteiger charge is 2.20. The predicted molar refractivity (Wildman–Crippen MR) is 97.9 cm³/mol. The van der Waals surface area contributed by atoms with Gasteiger partial charge in [0.25, 0.3) is 0 Å². The summed E-state index contributed by atoms with van der Waals surface area (Å²) in [6, 6.07) is 4.29. The van der Waals surface area contributed by atoms with E-state index in [-0.39, 0.29) is 5.56 Å². The fourth-order valence-corrected chi connectivity index (χ4v) is 3.43. The van der Waals surface area contributed by atoms with Crippen molar-refractivity contribution in [3.05, 3.63) is 42.5 Å². The van der Waals surface area contributed by atoms with Crippen LogP contribution in [-0.4, -0.2) is 57.0 Å². The Morgan fingerprint density at radius 2 is 2.12 bits per heavy atom. The van der Waals surface area contributed by atoms with Crippen molar-refractivity contribution in [2.45, 2.75) is 18.9 Å². The van der Waals surface area contributed by atoms with Crippen molar-refractivity contribution >= 4 is 22.7 Å². The molecule has 8 nitrogen and oxygen atoms in total. The first kappa shape index (κ1) is 16.5. The Kier molecular flexibility index (Phi) is 4.26. The SMILES string of the molecule is CN(c1cc(-n2ncc3c(C(=O)O)cncc32)ccn1)C1CCNCC1. The maximum atomic E-state index is 11.4. The van der Waals surface area contributed by atoms with Crippen molar-refractivity contribution in [1.82, 2.24) is 25.1 Å². The van der Waals surface area contributed by atoms with Gasteiger partial charge in [0, 0.05) is 36.9 Å². The van der Waals surface area contributed by atoms with Gasteiger partial charge in [0.1, 0.15) is 5.82 Å². The van der Waals surface area contributed by atoms with Crippen LogP contribution in [0.1, 0.15) is 23.2 Å². The average molecular weight is 352 g/mol. The van der Waals surface area contributed by atoms with E-state index in [0.29, 0.717) is 16.9 Å². The van der Waals surface area contributed by atoms with E-state index in [2.05, 4.69) is 32.3 Å². The number of aromatic nitrogens is 4. The molecule has 26 heavy (non-hydrogen) atoms. The largest absolute Gasteiger partial charge is 0.478 e. The summed E-state index contributed by atoms with van der Waals surface area (Å²) in [6.45, 7) is 2.03. The van der Waals surface area contributed by atoms with Crippen LogP contribution in [0.4, 0.5) is 5.82 Å². The molecule has 0 saturated carbocycles. The summed E-state index contributed by atoms with van der Waals surface area (Å²) in [7, 11) is 2.06. The third-order valence-electron chi connectivity index (χ3n) is 4.92. The zero-order valence-corrected chi connectivity index (χ0v) is 14.5. The summed E-state index contributed by atoms with van der Waals surface area (Å²) in [5, 5.41) is 17.6. The second kappa shape index (κ2) is 6.72. The lowest BCUT2D eigenvalue weighted by atomic mass is 10.1. The van der Waals surface area contributed by atoms with Crippen molar-refractivity contribution < 1.29 is 9.90 Å². The van der Waals surface area contributed by atoms with Gasteiger partial charge in [-0.3, -0.25) is 4.98 Å². The highest BCUT2D eigenvalue weighted by atomic mass is 16.4. The van der Waals surface area contributed by atoms with E-state index >= 15 is 0 Å². The summed E-state index contributed by atoms with van der Waals surface area (Å²) < 4.78 is 1.70. The van der Waals surface area contributed by atoms with E-state index < -0.39 is 5.97 Å². The smallest absolute Gasteiger partial charge is 0.338 e. The van der Waals surface area contributed by atoms with E-state index in [4.69, 9.17) is 0 Å². The molecule has 4 heterocycles. The fourth-order valence-electron chi connectivity index (χ4n) is 3.43. The number of nitrogens with one attached hydrogen (secondary N) is 1. The Morgan fingerprint density at radius 3 is 2.88 bits per heavy atom. The van der Waals surface area contributed by atoms with Gasteiger partial charge in [-0.1, -0.05) is 0 Å². The lowest BCUT2D eigenvalue weighted by Gasteiger charge is -2.32. The molecule has 0 aliphatic carbocycles. The highest BCUT2D eigenvalue weighted by Crippen LogP contribution is 2.24. The molecule has 0 bridgehead atoms. The van der Waals surface area contributed by atoms with Gasteiger partial charge in [0.05, 0.1) is 29.2 Å². The van der Waals surface area contributed by atoms with Crippen LogP contribution in [0.3, 0.4) is 0 Å². The number of pyridine rings is 2. The molecule has 2 N–H and O–H groups in total. The van der Waals surface area contributed by atoms with Crippen LogP contribution in [0.2, 0.25) is 0 Å². The summed E-state index contributed by atoms with van der Waals surface area (Å²) in [5.74, 6) is -0.135. The molecule has 8 heteroatoms. The van der Waals surface area contributed by atoms with Crippen LogP contribution >= 0.6 is 0 Å². The Bertz CT molecular complexity index is 948. The van der Waals surface area contributed by atoms with Gasteiger partial charge in [-0.25, -0.2) is 14.5 Å². The maximum Gasteiger partial charge on any atom is 0.338 e. The lowest BCUT2D eigenvalue weighted by Crippen LogP contribution is -2.41. The number of rotatable bonds is 4. The Labute approximate surface area is 150 Å². The second-order valence-electron chi connectivity index (χ2n) is 6.45. The third kappa shape index (κ3) is 2.88. The van der Waals surface area contributed by atoms with Crippen molar-refractivity contribution in [3.63, 3.8) is 0 Å². The van der Waals surface area contributed by atoms with Gasteiger partial charge in [0.2, 0.25) is 0 Å². The van der Waals surface area contributed by atoms with Gasteiger partial charge < -0.3 is 15.3 Å². The molecule has 0 unspecified atom stereocenters. The standard InChI is InChI=1S/C18H20N6O2/c1-23(12-2-5-19-6-3-12)17-8-13(4-7-21-17)24-16-11-20-9-15(18(25)26)14(16)10-22-24/h4,7-12,19H,2-3,5-6H2,1H3,(H,25,26). The summed E-state index contributed by atoms with van der Waals surface area (Å²) >= 11 is 0. The monoisotopic (exact) mass is 352 g/mol. The number of anilines is 1. The van der Waals surface area contributed by atoms with Crippen LogP contribution < -0.4 is 10.2 Å². The zero-order chi connectivity index (χ0) is 18.1. The van der Waals surface area contributed by atoms with Crippen molar-refractivity contribution in [2.24, 2.45) is 0 Å². The average Bonchev–Trinajstić information content (AvgIpc) is 3.12. The molecule has 134 valence electrons. The van der Waals surface area contributed by atoms with E-state index in [1.807, 2.05) is 12.1 Å². The van der Waals surface area contributed by atoms with Crippen molar-refractivity contribution in [1.29, 1.82) is 0 Å². The Balaban J connectivity index is 1.72. The molecule has 4 rings (SSSR count). The molecule has 3 aromatic rings. The minimum absolute atomic E-state index is 0.148. The second-order valence-corrected chi connectivity index (χ2v) is 6.45. The first-order valence-electron chi connectivity index (χ1n) is 8.60. The fraction of sp³-hybridized carbons (Fsp3) is 0.333. The van der Waals surface area contributed by atoms with Gasteiger partial charge >= 0.3 is 5.97 Å². The minimum atomic E-state index is -1.01. The topological polar surface area (TPSA) is 96.2 Å². The summed E-state index contributed by atoms with van der Waals surface area (Å²) in [5.41, 5.74) is 1.64. The number of fused-ring (bicyclic) bond motifs is 1. The molecule has 0 radical (unpaired) electrons. The molecule has 3 aromatic heterocycles. The van der Waals surface area contributed by atoms with Crippen molar-refractivity contribution in [2.75, 3.05) is 25.0 Å². The van der Waals surface area contributed by atoms with Gasteiger partial charge in [0.15, 0.2) is 0 Å². The predicted octanol–water partition coefficient (Wildman–Crippen LogP) is 1.70. The molecule has 1 aliphatic rings. The first-order valence-corrected chi connectivity index (χ1v) is 8.60. The third-order valence-corrected chi connectivity index (χ3v) is 4.92. The molecule has 1 saturated heterocycles. The normalized spacial score (nSPS) is 15.3. The van der Waals surface area contributed by atoms with Gasteiger partial charge in [-0.2, -0.15) is 5.10 Å². The van der Waals surface area contributed by atoms with Crippen LogP contribution in [0.5, 0.6) is 0 Å². The molecule has 1 aliphatic heterocycles. The van der Waals surface area contributed by atoms with E-state index in [1.165, 1.54) is 6.20 Å². The summed E-state index contributed by atoms with van der Waals surface area (Å²) in [4.78, 5) is 22.1. The Morgan fingerprint density at radius 1 is 1.31 bits per heavy atom. The van der Waals surface area contributed by atoms with E-state index in [0.717, 1.165) is 37.4 Å². The molecular formula is C18H20N6O2.